The summed E-state index contributed by atoms with van der Waals surface area (Å²) in [6.45, 7) is 2.15. The highest BCUT2D eigenvalue weighted by Gasteiger charge is 2.10. The van der Waals surface area contributed by atoms with Crippen molar-refractivity contribution in [3.8, 4) is 5.75 Å². The van der Waals surface area contributed by atoms with E-state index >= 15 is 0 Å². The van der Waals surface area contributed by atoms with Crippen LogP contribution in [0.3, 0.4) is 0 Å². The fourth-order valence-corrected chi connectivity index (χ4v) is 2.72. The second-order valence-electron chi connectivity index (χ2n) is 5.94. The number of nitrogens with one attached hydrogen (secondary N) is 1. The lowest BCUT2D eigenvalue weighted by atomic mass is 10.1. The third kappa shape index (κ3) is 4.82. The largest absolute Gasteiger partial charge is 0.497 e. The molecular weight excluding hydrogens is 356 g/mol. The molecule has 0 radical (unpaired) electrons. The van der Waals surface area contributed by atoms with Crippen molar-refractivity contribution in [3.63, 3.8) is 0 Å². The number of hydrogen-bond acceptors (Lipinski definition) is 7. The topological polar surface area (TPSA) is 85.7 Å². The van der Waals surface area contributed by atoms with E-state index in [1.165, 1.54) is 6.33 Å². The highest BCUT2D eigenvalue weighted by Crippen LogP contribution is 2.19. The number of rotatable bonds is 8. The second kappa shape index (κ2) is 9.45. The normalized spacial score (nSPS) is 11.3. The van der Waals surface area contributed by atoms with Gasteiger partial charge in [0.2, 0.25) is 0 Å². The van der Waals surface area contributed by atoms with E-state index in [1.807, 2.05) is 48.5 Å². The molecule has 0 fully saturated rings. The molecule has 0 aliphatic carbocycles. The quantitative estimate of drug-likeness (QED) is 0.365. The molecule has 3 aromatic rings. The van der Waals surface area contributed by atoms with E-state index < -0.39 is 0 Å². The maximum absolute atomic E-state index is 11.8. The molecule has 28 heavy (non-hydrogen) atoms. The van der Waals surface area contributed by atoms with Gasteiger partial charge < -0.3 is 9.47 Å². The van der Waals surface area contributed by atoms with Gasteiger partial charge in [0.1, 0.15) is 12.1 Å². The van der Waals surface area contributed by atoms with Crippen LogP contribution in [0.15, 0.2) is 60.0 Å². The van der Waals surface area contributed by atoms with Gasteiger partial charge in [-0.25, -0.2) is 9.97 Å². The molecular formula is C21H22N4O3. The first-order chi connectivity index (χ1) is 13.7. The molecule has 1 heterocycles. The summed E-state index contributed by atoms with van der Waals surface area (Å²) in [6, 6.07) is 15.2. The summed E-state index contributed by atoms with van der Waals surface area (Å²) >= 11 is 0. The minimum atomic E-state index is -0.254. The van der Waals surface area contributed by atoms with Gasteiger partial charge in [-0.3, -0.25) is 10.2 Å². The monoisotopic (exact) mass is 378 g/mol. The highest BCUT2D eigenvalue weighted by atomic mass is 16.5. The lowest BCUT2D eigenvalue weighted by Crippen LogP contribution is -2.11. The number of methoxy groups -OCH3 is 1. The fourth-order valence-electron chi connectivity index (χ4n) is 2.72. The van der Waals surface area contributed by atoms with Crippen molar-refractivity contribution in [1.82, 2.24) is 9.97 Å². The first kappa shape index (κ1) is 19.3. The van der Waals surface area contributed by atoms with Gasteiger partial charge in [-0.05, 0) is 48.9 Å². The van der Waals surface area contributed by atoms with Crippen LogP contribution in [0.25, 0.3) is 10.9 Å². The molecule has 0 unspecified atom stereocenters. The van der Waals surface area contributed by atoms with Crippen molar-refractivity contribution in [1.29, 1.82) is 0 Å². The lowest BCUT2D eigenvalue weighted by molar-refractivity contribution is -0.142. The number of para-hydroxylation sites is 1. The number of hydrogen-bond donors (Lipinski definition) is 1. The average molecular weight is 378 g/mol. The number of benzene rings is 2. The summed E-state index contributed by atoms with van der Waals surface area (Å²) in [7, 11) is 1.62. The zero-order valence-corrected chi connectivity index (χ0v) is 15.9. The Bertz CT molecular complexity index is 966. The van der Waals surface area contributed by atoms with Crippen molar-refractivity contribution in [2.75, 3.05) is 19.1 Å². The fraction of sp³-hybridized carbons (Fsp3) is 0.238. The second-order valence-corrected chi connectivity index (χ2v) is 5.94. The third-order valence-electron chi connectivity index (χ3n) is 4.13. The number of ether oxygens (including phenoxy) is 2. The van der Waals surface area contributed by atoms with E-state index in [2.05, 4.69) is 20.5 Å². The minimum absolute atomic E-state index is 0.241. The number of carbonyl (C=O) groups excluding carboxylic acids is 1. The van der Waals surface area contributed by atoms with Crippen LogP contribution in [0.4, 0.5) is 5.82 Å². The first-order valence-electron chi connectivity index (χ1n) is 9.03. The SMILES string of the molecule is CCOC(=O)CCC(=NNc1ncnc2ccccc12)c1ccc(OC)cc1. The van der Waals surface area contributed by atoms with Crippen LogP contribution >= 0.6 is 0 Å². The van der Waals surface area contributed by atoms with Crippen LogP contribution in [0.2, 0.25) is 0 Å². The van der Waals surface area contributed by atoms with E-state index in [0.29, 0.717) is 18.8 Å². The third-order valence-corrected chi connectivity index (χ3v) is 4.13. The molecule has 144 valence electrons. The number of esters is 1. The van der Waals surface area contributed by atoms with Gasteiger partial charge in [0.15, 0.2) is 5.82 Å². The predicted octanol–water partition coefficient (Wildman–Crippen LogP) is 3.80. The van der Waals surface area contributed by atoms with E-state index in [4.69, 9.17) is 9.47 Å². The van der Waals surface area contributed by atoms with Crippen LogP contribution < -0.4 is 10.2 Å². The zero-order chi connectivity index (χ0) is 19.8. The van der Waals surface area contributed by atoms with Crippen molar-refractivity contribution in [2.24, 2.45) is 5.10 Å². The van der Waals surface area contributed by atoms with Gasteiger partial charge in [0.25, 0.3) is 0 Å². The molecule has 2 aromatic carbocycles. The Balaban J connectivity index is 1.86. The number of hydrazone groups is 1. The summed E-state index contributed by atoms with van der Waals surface area (Å²) in [5, 5.41) is 5.40. The zero-order valence-electron chi connectivity index (χ0n) is 15.9. The van der Waals surface area contributed by atoms with Gasteiger partial charge in [-0.2, -0.15) is 5.10 Å². The Kier molecular flexibility index (Phi) is 6.51. The van der Waals surface area contributed by atoms with E-state index in [0.717, 1.165) is 27.9 Å². The number of fused-ring (bicyclic) bond motifs is 1. The molecule has 0 saturated heterocycles. The van der Waals surface area contributed by atoms with Crippen molar-refractivity contribution in [2.45, 2.75) is 19.8 Å². The van der Waals surface area contributed by atoms with Crippen LogP contribution in [0, 0.1) is 0 Å². The molecule has 1 aromatic heterocycles. The van der Waals surface area contributed by atoms with Crippen LogP contribution in [-0.2, 0) is 9.53 Å². The predicted molar refractivity (Wildman–Crippen MR) is 109 cm³/mol. The molecule has 7 heteroatoms. The molecule has 0 bridgehead atoms. The molecule has 3 rings (SSSR count). The van der Waals surface area contributed by atoms with Gasteiger partial charge >= 0.3 is 5.97 Å². The van der Waals surface area contributed by atoms with Crippen LogP contribution in [0.1, 0.15) is 25.3 Å². The molecule has 1 N–H and O–H groups in total. The lowest BCUT2D eigenvalue weighted by Gasteiger charge is -2.10. The maximum atomic E-state index is 11.8. The number of anilines is 1. The van der Waals surface area contributed by atoms with Crippen molar-refractivity contribution >= 4 is 28.4 Å². The van der Waals surface area contributed by atoms with Gasteiger partial charge in [0.05, 0.1) is 31.4 Å². The molecule has 0 amide bonds. The average Bonchev–Trinajstić information content (AvgIpc) is 2.74. The summed E-state index contributed by atoms with van der Waals surface area (Å²) in [5.74, 6) is 1.10. The number of carbonyl (C=O) groups is 1. The Morgan fingerprint density at radius 2 is 1.86 bits per heavy atom. The Morgan fingerprint density at radius 1 is 1.07 bits per heavy atom. The standard InChI is InChI=1S/C21H22N4O3/c1-3-28-20(26)13-12-18(15-8-10-16(27-2)11-9-15)24-25-21-17-6-4-5-7-19(17)22-14-23-21/h4-11,14H,3,12-13H2,1-2H3,(H,22,23,25). The van der Waals surface area contributed by atoms with Crippen LogP contribution in [0.5, 0.6) is 5.75 Å². The van der Waals surface area contributed by atoms with Gasteiger partial charge in [-0.15, -0.1) is 0 Å². The van der Waals surface area contributed by atoms with E-state index in [9.17, 15) is 4.79 Å². The molecule has 0 saturated carbocycles. The van der Waals surface area contributed by atoms with E-state index in [-0.39, 0.29) is 12.4 Å². The molecule has 0 aliphatic rings. The summed E-state index contributed by atoms with van der Waals surface area (Å²) in [5.41, 5.74) is 5.46. The maximum Gasteiger partial charge on any atom is 0.306 e. The van der Waals surface area contributed by atoms with Gasteiger partial charge in [-0.1, -0.05) is 12.1 Å². The smallest absolute Gasteiger partial charge is 0.306 e. The molecule has 0 atom stereocenters. The summed E-state index contributed by atoms with van der Waals surface area (Å²) < 4.78 is 10.2. The molecule has 0 aliphatic heterocycles. The number of aromatic nitrogens is 2. The summed E-state index contributed by atoms with van der Waals surface area (Å²) in [6.07, 6.45) is 2.16. The Hall–Kier alpha value is -3.48. The van der Waals surface area contributed by atoms with Gasteiger partial charge in [0, 0.05) is 11.8 Å². The van der Waals surface area contributed by atoms with Crippen molar-refractivity contribution < 1.29 is 14.3 Å². The number of nitrogens with zero attached hydrogens (tertiary/aromatic N) is 3. The van der Waals surface area contributed by atoms with Crippen molar-refractivity contribution in [3.05, 3.63) is 60.4 Å². The Morgan fingerprint density at radius 3 is 2.61 bits per heavy atom. The molecule has 7 nitrogen and oxygen atoms in total. The van der Waals surface area contributed by atoms with E-state index in [1.54, 1.807) is 14.0 Å². The van der Waals surface area contributed by atoms with Crippen LogP contribution in [-0.4, -0.2) is 35.4 Å². The Labute approximate surface area is 163 Å². The first-order valence-corrected chi connectivity index (χ1v) is 9.03. The summed E-state index contributed by atoms with van der Waals surface area (Å²) in [4.78, 5) is 20.3. The minimum Gasteiger partial charge on any atom is -0.497 e. The highest BCUT2D eigenvalue weighted by molar-refractivity contribution is 6.02. The molecule has 0 spiro atoms.